The summed E-state index contributed by atoms with van der Waals surface area (Å²) in [7, 11) is 2.17. The molecular formula is C23H30N4O2. The summed E-state index contributed by atoms with van der Waals surface area (Å²) >= 11 is 0. The Kier molecular flexibility index (Phi) is 4.90. The van der Waals surface area contributed by atoms with Gasteiger partial charge in [0.15, 0.2) is 0 Å². The highest BCUT2D eigenvalue weighted by atomic mass is 16.3. The van der Waals surface area contributed by atoms with E-state index in [-0.39, 0.29) is 5.91 Å². The number of likely N-dealkylation sites (tertiary alicyclic amines) is 1. The molecule has 1 amide bonds. The van der Waals surface area contributed by atoms with Crippen LogP contribution in [0.4, 0.5) is 0 Å². The quantitative estimate of drug-likeness (QED) is 0.782. The average molecular weight is 395 g/mol. The highest BCUT2D eigenvalue weighted by molar-refractivity contribution is 5.97. The molecule has 1 saturated heterocycles. The third-order valence-electron chi connectivity index (χ3n) is 6.79. The van der Waals surface area contributed by atoms with Crippen molar-refractivity contribution in [3.05, 3.63) is 45.9 Å². The molecule has 4 heterocycles. The molecule has 0 saturated carbocycles. The summed E-state index contributed by atoms with van der Waals surface area (Å²) < 4.78 is 5.93. The van der Waals surface area contributed by atoms with Crippen LogP contribution in [0.15, 0.2) is 10.6 Å². The number of likely N-dealkylation sites (N-methyl/N-ethyl adjacent to an activating group) is 1. The summed E-state index contributed by atoms with van der Waals surface area (Å²) in [5.74, 6) is 3.33. The van der Waals surface area contributed by atoms with Gasteiger partial charge >= 0.3 is 0 Å². The molecule has 0 radical (unpaired) electrons. The van der Waals surface area contributed by atoms with E-state index in [0.717, 1.165) is 84.9 Å². The van der Waals surface area contributed by atoms with Crippen molar-refractivity contribution in [1.82, 2.24) is 19.8 Å². The van der Waals surface area contributed by atoms with Gasteiger partial charge in [-0.25, -0.2) is 9.97 Å². The van der Waals surface area contributed by atoms with E-state index in [2.05, 4.69) is 11.9 Å². The number of nitrogens with zero attached hydrogens (tertiary/aromatic N) is 4. The Morgan fingerprint density at radius 3 is 2.90 bits per heavy atom. The van der Waals surface area contributed by atoms with Gasteiger partial charge in [-0.2, -0.15) is 0 Å². The number of hydrogen-bond donors (Lipinski definition) is 0. The first kappa shape index (κ1) is 18.8. The van der Waals surface area contributed by atoms with Gasteiger partial charge in [-0.3, -0.25) is 4.79 Å². The molecule has 0 spiro atoms. The summed E-state index contributed by atoms with van der Waals surface area (Å²) in [6, 6.07) is 0. The van der Waals surface area contributed by atoms with E-state index < -0.39 is 0 Å². The zero-order valence-corrected chi connectivity index (χ0v) is 17.5. The molecule has 6 nitrogen and oxygen atoms in total. The number of fused-ring (bicyclic) bond motifs is 2. The summed E-state index contributed by atoms with van der Waals surface area (Å²) in [5.41, 5.74) is 4.18. The number of carbonyl (C=O) groups excluding carboxylic acids is 1. The summed E-state index contributed by atoms with van der Waals surface area (Å²) in [4.78, 5) is 27.3. The van der Waals surface area contributed by atoms with Crippen LogP contribution in [0.1, 0.15) is 76.1 Å². The van der Waals surface area contributed by atoms with Crippen LogP contribution in [0, 0.1) is 6.92 Å². The van der Waals surface area contributed by atoms with Gasteiger partial charge < -0.3 is 14.2 Å². The fraction of sp³-hybridized carbons (Fsp3) is 0.609. The number of amides is 1. The molecule has 0 N–H and O–H groups in total. The van der Waals surface area contributed by atoms with Crippen molar-refractivity contribution in [2.75, 3.05) is 26.7 Å². The molecule has 29 heavy (non-hydrogen) atoms. The van der Waals surface area contributed by atoms with Crippen LogP contribution in [-0.4, -0.2) is 52.4 Å². The van der Waals surface area contributed by atoms with E-state index >= 15 is 0 Å². The Labute approximate surface area is 172 Å². The minimum atomic E-state index is 0.109. The van der Waals surface area contributed by atoms with Gasteiger partial charge in [0.25, 0.3) is 5.91 Å². The Bertz CT molecular complexity index is 935. The van der Waals surface area contributed by atoms with E-state index in [1.807, 2.05) is 18.0 Å². The predicted molar refractivity (Wildman–Crippen MR) is 110 cm³/mol. The molecule has 0 bridgehead atoms. The van der Waals surface area contributed by atoms with Crippen LogP contribution in [0.3, 0.4) is 0 Å². The van der Waals surface area contributed by atoms with Crippen LogP contribution in [0.25, 0.3) is 0 Å². The Hall–Kier alpha value is -2.21. The first-order valence-corrected chi connectivity index (χ1v) is 11.0. The highest BCUT2D eigenvalue weighted by Gasteiger charge is 2.31. The zero-order chi connectivity index (χ0) is 20.0. The third-order valence-corrected chi connectivity index (χ3v) is 6.79. The van der Waals surface area contributed by atoms with Crippen molar-refractivity contribution in [3.8, 4) is 0 Å². The number of carbonyl (C=O) groups is 1. The molecule has 0 unspecified atom stereocenters. The number of hydrogen-bond acceptors (Lipinski definition) is 5. The zero-order valence-electron chi connectivity index (χ0n) is 17.5. The molecule has 2 aliphatic heterocycles. The van der Waals surface area contributed by atoms with Crippen LogP contribution < -0.4 is 0 Å². The van der Waals surface area contributed by atoms with E-state index in [1.54, 1.807) is 0 Å². The molecule has 3 aliphatic rings. The minimum absolute atomic E-state index is 0.109. The maximum Gasteiger partial charge on any atom is 0.257 e. The molecular weight excluding hydrogens is 364 g/mol. The van der Waals surface area contributed by atoms with Gasteiger partial charge in [0.2, 0.25) is 0 Å². The number of piperidine rings is 1. The van der Waals surface area contributed by atoms with Gasteiger partial charge in [0.05, 0.1) is 11.3 Å². The van der Waals surface area contributed by atoms with Crippen LogP contribution in [0.2, 0.25) is 0 Å². The monoisotopic (exact) mass is 394 g/mol. The lowest BCUT2D eigenvalue weighted by atomic mass is 9.93. The fourth-order valence-corrected chi connectivity index (χ4v) is 5.22. The molecule has 2 aromatic heterocycles. The van der Waals surface area contributed by atoms with Gasteiger partial charge in [0, 0.05) is 55.7 Å². The number of aryl methyl sites for hydroxylation is 2. The van der Waals surface area contributed by atoms with Crippen LogP contribution in [-0.2, 0) is 25.8 Å². The normalized spacial score (nSPS) is 22.3. The second kappa shape index (κ2) is 7.56. The molecule has 2 aromatic rings. The lowest BCUT2D eigenvalue weighted by Crippen LogP contribution is -2.37. The topological polar surface area (TPSA) is 62.5 Å². The van der Waals surface area contributed by atoms with Crippen LogP contribution in [0.5, 0.6) is 0 Å². The second-order valence-corrected chi connectivity index (χ2v) is 8.92. The van der Waals surface area contributed by atoms with Crippen molar-refractivity contribution in [2.24, 2.45) is 0 Å². The lowest BCUT2D eigenvalue weighted by Gasteiger charge is -2.31. The van der Waals surface area contributed by atoms with Crippen molar-refractivity contribution < 1.29 is 9.21 Å². The van der Waals surface area contributed by atoms with E-state index in [1.165, 1.54) is 12.8 Å². The van der Waals surface area contributed by atoms with Crippen molar-refractivity contribution >= 4 is 5.91 Å². The maximum absolute atomic E-state index is 13.3. The average Bonchev–Trinajstić information content (AvgIpc) is 3.08. The summed E-state index contributed by atoms with van der Waals surface area (Å²) in [5, 5.41) is 0. The number of rotatable bonds is 2. The summed E-state index contributed by atoms with van der Waals surface area (Å²) in [6.45, 7) is 5.44. The molecule has 0 aromatic carbocycles. The van der Waals surface area contributed by atoms with Crippen molar-refractivity contribution in [1.29, 1.82) is 0 Å². The lowest BCUT2D eigenvalue weighted by molar-refractivity contribution is 0.0730. The number of aromatic nitrogens is 2. The maximum atomic E-state index is 13.3. The molecule has 1 atom stereocenters. The van der Waals surface area contributed by atoms with E-state index in [9.17, 15) is 4.79 Å². The third kappa shape index (κ3) is 3.48. The van der Waals surface area contributed by atoms with Gasteiger partial charge in [-0.05, 0) is 52.6 Å². The Morgan fingerprint density at radius 2 is 2.03 bits per heavy atom. The molecule has 1 fully saturated rings. The minimum Gasteiger partial charge on any atom is -0.465 e. The van der Waals surface area contributed by atoms with Gasteiger partial charge in [0.1, 0.15) is 17.3 Å². The number of furan rings is 1. The first-order valence-electron chi connectivity index (χ1n) is 11.0. The standard InChI is InChI=1S/C23H30N4O2/c1-15-21(18-7-3-4-8-20(18)29-15)23(28)27-11-9-19-17(14-27)12-24-22(25-19)16-6-5-10-26(2)13-16/h12,16H,3-11,13-14H2,1-2H3/t16-/m0/s1. The molecule has 6 heteroatoms. The smallest absolute Gasteiger partial charge is 0.257 e. The SMILES string of the molecule is Cc1oc2c(c1C(=O)N1CCc3nc([C@H]4CCCN(C)C4)ncc3C1)CCCC2. The largest absolute Gasteiger partial charge is 0.465 e. The first-order chi connectivity index (χ1) is 14.1. The fourth-order valence-electron chi connectivity index (χ4n) is 5.22. The molecule has 154 valence electrons. The van der Waals surface area contributed by atoms with Gasteiger partial charge in [-0.15, -0.1) is 0 Å². The van der Waals surface area contributed by atoms with E-state index in [0.29, 0.717) is 19.0 Å². The van der Waals surface area contributed by atoms with Crippen LogP contribution >= 0.6 is 0 Å². The van der Waals surface area contributed by atoms with E-state index in [4.69, 9.17) is 14.4 Å². The Balaban J connectivity index is 1.35. The van der Waals surface area contributed by atoms with Gasteiger partial charge in [-0.1, -0.05) is 0 Å². The summed E-state index contributed by atoms with van der Waals surface area (Å²) in [6.07, 6.45) is 9.35. The highest BCUT2D eigenvalue weighted by Crippen LogP contribution is 2.32. The Morgan fingerprint density at radius 1 is 1.17 bits per heavy atom. The van der Waals surface area contributed by atoms with Crippen molar-refractivity contribution in [3.63, 3.8) is 0 Å². The predicted octanol–water partition coefficient (Wildman–Crippen LogP) is 3.26. The molecule has 5 rings (SSSR count). The van der Waals surface area contributed by atoms with Crippen molar-refractivity contribution in [2.45, 2.75) is 64.3 Å². The second-order valence-electron chi connectivity index (χ2n) is 8.92. The molecule has 1 aliphatic carbocycles.